The van der Waals surface area contributed by atoms with E-state index in [1.54, 1.807) is 36.4 Å². The van der Waals surface area contributed by atoms with Crippen molar-refractivity contribution in [1.29, 1.82) is 0 Å². The molecule has 1 saturated heterocycles. The predicted molar refractivity (Wildman–Crippen MR) is 146 cm³/mol. The fourth-order valence-electron chi connectivity index (χ4n) is 4.60. The van der Waals surface area contributed by atoms with E-state index in [0.29, 0.717) is 17.0 Å². The van der Waals surface area contributed by atoms with Crippen molar-refractivity contribution in [2.45, 2.75) is 39.2 Å². The third-order valence-electron chi connectivity index (χ3n) is 6.52. The molecular weight excluding hydrogens is 490 g/mol. The van der Waals surface area contributed by atoms with Crippen LogP contribution in [0.1, 0.15) is 49.1 Å². The highest BCUT2D eigenvalue weighted by molar-refractivity contribution is 6.51. The molecule has 0 bridgehead atoms. The van der Waals surface area contributed by atoms with E-state index in [-0.39, 0.29) is 33.1 Å². The van der Waals surface area contributed by atoms with Gasteiger partial charge in [-0.1, -0.05) is 62.7 Å². The zero-order valence-corrected chi connectivity index (χ0v) is 22.5. The van der Waals surface area contributed by atoms with Crippen LogP contribution in [-0.2, 0) is 15.0 Å². The summed E-state index contributed by atoms with van der Waals surface area (Å²) in [5.74, 6) is -1.15. The smallest absolute Gasteiger partial charge is 0.300 e. The van der Waals surface area contributed by atoms with Crippen LogP contribution < -0.4 is 14.4 Å². The molecule has 7 heteroatoms. The molecule has 3 aromatic carbocycles. The van der Waals surface area contributed by atoms with Crippen molar-refractivity contribution in [3.8, 4) is 11.5 Å². The van der Waals surface area contributed by atoms with Gasteiger partial charge in [0.15, 0.2) is 0 Å². The van der Waals surface area contributed by atoms with Crippen LogP contribution in [0.15, 0.2) is 66.2 Å². The van der Waals surface area contributed by atoms with Gasteiger partial charge in [0.05, 0.1) is 36.4 Å². The Labute approximate surface area is 222 Å². The number of anilines is 1. The third kappa shape index (κ3) is 4.81. The average molecular weight is 520 g/mol. The van der Waals surface area contributed by atoms with E-state index in [0.717, 1.165) is 11.1 Å². The first kappa shape index (κ1) is 26.3. The lowest BCUT2D eigenvalue weighted by Crippen LogP contribution is -2.29. The number of hydrogen-bond acceptors (Lipinski definition) is 5. The number of ketones is 1. The summed E-state index contributed by atoms with van der Waals surface area (Å²) in [7, 11) is 2.97. The molecular formula is C30H30ClNO5. The summed E-state index contributed by atoms with van der Waals surface area (Å²) in [6, 6.07) is 17.1. The van der Waals surface area contributed by atoms with Gasteiger partial charge in [-0.3, -0.25) is 14.5 Å². The minimum atomic E-state index is -0.884. The lowest BCUT2D eigenvalue weighted by Gasteiger charge is -2.27. The molecule has 1 unspecified atom stereocenters. The van der Waals surface area contributed by atoms with E-state index in [1.807, 2.05) is 31.2 Å². The van der Waals surface area contributed by atoms with Crippen LogP contribution in [-0.4, -0.2) is 31.0 Å². The van der Waals surface area contributed by atoms with Crippen LogP contribution in [0.3, 0.4) is 0 Å². The summed E-state index contributed by atoms with van der Waals surface area (Å²) in [5, 5.41) is 11.9. The predicted octanol–water partition coefficient (Wildman–Crippen LogP) is 6.59. The van der Waals surface area contributed by atoms with Gasteiger partial charge in [0.25, 0.3) is 11.7 Å². The van der Waals surface area contributed by atoms with E-state index in [2.05, 4.69) is 20.8 Å². The molecule has 3 aromatic rings. The molecule has 192 valence electrons. The number of carbonyl (C=O) groups excluding carboxylic acids is 2. The number of Topliss-reactive ketones (excluding diaryl/α,β-unsaturated/α-hetero) is 1. The molecule has 1 heterocycles. The second kappa shape index (κ2) is 9.94. The van der Waals surface area contributed by atoms with Crippen molar-refractivity contribution >= 4 is 34.7 Å². The van der Waals surface area contributed by atoms with Gasteiger partial charge in [0, 0.05) is 11.8 Å². The summed E-state index contributed by atoms with van der Waals surface area (Å²) in [4.78, 5) is 28.4. The molecule has 0 radical (unpaired) electrons. The van der Waals surface area contributed by atoms with Gasteiger partial charge < -0.3 is 14.6 Å². The Morgan fingerprint density at radius 1 is 0.973 bits per heavy atom. The van der Waals surface area contributed by atoms with Gasteiger partial charge in [0.2, 0.25) is 0 Å². The molecule has 1 fully saturated rings. The summed E-state index contributed by atoms with van der Waals surface area (Å²) in [5.41, 5.74) is 3.12. The van der Waals surface area contributed by atoms with Gasteiger partial charge in [-0.05, 0) is 53.3 Å². The number of aryl methyl sites for hydroxylation is 1. The Balaban J connectivity index is 1.99. The number of rotatable bonds is 5. The lowest BCUT2D eigenvalue weighted by molar-refractivity contribution is -0.132. The molecule has 1 N–H and O–H groups in total. The van der Waals surface area contributed by atoms with Crippen molar-refractivity contribution < 1.29 is 24.2 Å². The van der Waals surface area contributed by atoms with Gasteiger partial charge in [-0.25, -0.2) is 0 Å². The van der Waals surface area contributed by atoms with Crippen LogP contribution in [0.4, 0.5) is 5.69 Å². The number of hydrogen-bond donors (Lipinski definition) is 1. The molecule has 0 aromatic heterocycles. The van der Waals surface area contributed by atoms with E-state index < -0.39 is 17.7 Å². The zero-order valence-electron chi connectivity index (χ0n) is 21.8. The van der Waals surface area contributed by atoms with Crippen LogP contribution in [0.25, 0.3) is 5.76 Å². The standard InChI is InChI=1S/C30H30ClNO5/c1-17-14-22(28(37-6)23(31)15-17)26(33)24-25(18-10-12-19(13-11-18)30(2,3)4)32(29(35)27(24)34)20-8-7-9-21(16-20)36-5/h7-16,25,33H,1-6H3/b26-24+. The summed E-state index contributed by atoms with van der Waals surface area (Å²) in [6.45, 7) is 8.15. The van der Waals surface area contributed by atoms with Crippen molar-refractivity contribution in [1.82, 2.24) is 0 Å². The molecule has 0 spiro atoms. The van der Waals surface area contributed by atoms with E-state index in [1.165, 1.54) is 19.1 Å². The highest BCUT2D eigenvalue weighted by atomic mass is 35.5. The minimum Gasteiger partial charge on any atom is -0.507 e. The lowest BCUT2D eigenvalue weighted by atomic mass is 9.85. The number of aliphatic hydroxyl groups is 1. The molecule has 37 heavy (non-hydrogen) atoms. The fraction of sp³-hybridized carbons (Fsp3) is 0.267. The van der Waals surface area contributed by atoms with E-state index >= 15 is 0 Å². The summed E-state index contributed by atoms with van der Waals surface area (Å²) < 4.78 is 10.8. The van der Waals surface area contributed by atoms with Crippen LogP contribution in [0.5, 0.6) is 11.5 Å². The second-order valence-corrected chi connectivity index (χ2v) is 10.5. The number of ether oxygens (including phenoxy) is 2. The Morgan fingerprint density at radius 2 is 1.65 bits per heavy atom. The Bertz CT molecular complexity index is 1400. The molecule has 1 atom stereocenters. The highest BCUT2D eigenvalue weighted by Gasteiger charge is 2.47. The van der Waals surface area contributed by atoms with Gasteiger partial charge in [0.1, 0.15) is 17.3 Å². The number of benzene rings is 3. The number of amides is 1. The first-order chi connectivity index (χ1) is 17.5. The quantitative estimate of drug-likeness (QED) is 0.234. The van der Waals surface area contributed by atoms with Crippen LogP contribution in [0.2, 0.25) is 5.02 Å². The number of carbonyl (C=O) groups is 2. The number of aliphatic hydroxyl groups excluding tert-OH is 1. The maximum atomic E-state index is 13.5. The topological polar surface area (TPSA) is 76.1 Å². The van der Waals surface area contributed by atoms with Crippen molar-refractivity contribution in [3.05, 3.63) is 93.5 Å². The normalized spacial score (nSPS) is 17.3. The SMILES string of the molecule is COc1cccc(N2C(=O)C(=O)/C(=C(/O)c3cc(C)cc(Cl)c3OC)C2c2ccc(C(C)(C)C)cc2)c1. The van der Waals surface area contributed by atoms with Crippen molar-refractivity contribution in [3.63, 3.8) is 0 Å². The molecule has 1 amide bonds. The highest BCUT2D eigenvalue weighted by Crippen LogP contribution is 2.45. The molecule has 0 saturated carbocycles. The van der Waals surface area contributed by atoms with Gasteiger partial charge in [-0.2, -0.15) is 0 Å². The Morgan fingerprint density at radius 3 is 2.24 bits per heavy atom. The van der Waals surface area contributed by atoms with Crippen molar-refractivity contribution in [2.75, 3.05) is 19.1 Å². The first-order valence-corrected chi connectivity index (χ1v) is 12.3. The van der Waals surface area contributed by atoms with Crippen LogP contribution >= 0.6 is 11.6 Å². The van der Waals surface area contributed by atoms with Crippen LogP contribution in [0, 0.1) is 6.92 Å². The van der Waals surface area contributed by atoms with Gasteiger partial charge >= 0.3 is 0 Å². The largest absolute Gasteiger partial charge is 0.507 e. The molecule has 0 aliphatic carbocycles. The summed E-state index contributed by atoms with van der Waals surface area (Å²) >= 11 is 6.39. The maximum absolute atomic E-state index is 13.5. The van der Waals surface area contributed by atoms with E-state index in [9.17, 15) is 14.7 Å². The molecule has 1 aliphatic rings. The number of methoxy groups -OCH3 is 2. The Kier molecular flexibility index (Phi) is 7.07. The monoisotopic (exact) mass is 519 g/mol. The minimum absolute atomic E-state index is 0.0451. The van der Waals surface area contributed by atoms with Gasteiger partial charge in [-0.15, -0.1) is 0 Å². The number of nitrogens with zero attached hydrogens (tertiary/aromatic N) is 1. The molecule has 4 rings (SSSR count). The maximum Gasteiger partial charge on any atom is 0.300 e. The molecule has 6 nitrogen and oxygen atoms in total. The zero-order chi connectivity index (χ0) is 27.1. The first-order valence-electron chi connectivity index (χ1n) is 11.9. The third-order valence-corrected chi connectivity index (χ3v) is 6.80. The van der Waals surface area contributed by atoms with E-state index in [4.69, 9.17) is 21.1 Å². The Hall–Kier alpha value is -3.77. The second-order valence-electron chi connectivity index (χ2n) is 10.1. The number of halogens is 1. The summed E-state index contributed by atoms with van der Waals surface area (Å²) in [6.07, 6.45) is 0. The fourth-order valence-corrected chi connectivity index (χ4v) is 4.95. The van der Waals surface area contributed by atoms with Crippen molar-refractivity contribution in [2.24, 2.45) is 0 Å². The molecule has 1 aliphatic heterocycles. The average Bonchev–Trinajstić information content (AvgIpc) is 3.13.